The molecule has 0 aliphatic heterocycles. The molecule has 3 heteroatoms. The Labute approximate surface area is 107 Å². The number of aromatic nitrogens is 1. The molecule has 1 aromatic carbocycles. The molecule has 1 heterocycles. The van der Waals surface area contributed by atoms with E-state index in [1.165, 1.54) is 32.1 Å². The molecule has 0 spiro atoms. The summed E-state index contributed by atoms with van der Waals surface area (Å²) >= 11 is 0. The van der Waals surface area contributed by atoms with E-state index in [0.29, 0.717) is 5.56 Å². The van der Waals surface area contributed by atoms with Gasteiger partial charge in [0.1, 0.15) is 0 Å². The van der Waals surface area contributed by atoms with E-state index in [0.717, 1.165) is 17.3 Å². The van der Waals surface area contributed by atoms with Crippen molar-refractivity contribution in [2.45, 2.75) is 32.6 Å². The third kappa shape index (κ3) is 2.73. The number of esters is 1. The van der Waals surface area contributed by atoms with Crippen LogP contribution in [-0.2, 0) is 11.2 Å². The van der Waals surface area contributed by atoms with Crippen LogP contribution in [-0.4, -0.2) is 18.1 Å². The van der Waals surface area contributed by atoms with Gasteiger partial charge in [-0.1, -0.05) is 25.8 Å². The fraction of sp³-hybridized carbons (Fsp3) is 0.400. The van der Waals surface area contributed by atoms with Crippen LogP contribution in [0, 0.1) is 0 Å². The number of hydrogen-bond donors (Lipinski definition) is 1. The second-order valence-corrected chi connectivity index (χ2v) is 4.55. The van der Waals surface area contributed by atoms with E-state index in [4.69, 9.17) is 4.74 Å². The predicted molar refractivity (Wildman–Crippen MR) is 72.9 cm³/mol. The van der Waals surface area contributed by atoms with Crippen molar-refractivity contribution in [1.29, 1.82) is 0 Å². The van der Waals surface area contributed by atoms with Crippen LogP contribution < -0.4 is 0 Å². The summed E-state index contributed by atoms with van der Waals surface area (Å²) in [5, 5.41) is 1.15. The van der Waals surface area contributed by atoms with Gasteiger partial charge in [0.2, 0.25) is 0 Å². The molecule has 0 saturated carbocycles. The molecule has 3 nitrogen and oxygen atoms in total. The molecular formula is C15H19NO2. The minimum Gasteiger partial charge on any atom is -0.465 e. The first-order valence-corrected chi connectivity index (χ1v) is 6.44. The maximum atomic E-state index is 11.4. The third-order valence-electron chi connectivity index (χ3n) is 3.15. The van der Waals surface area contributed by atoms with E-state index in [2.05, 4.69) is 18.0 Å². The van der Waals surface area contributed by atoms with E-state index in [9.17, 15) is 4.79 Å². The third-order valence-corrected chi connectivity index (χ3v) is 3.15. The Balaban J connectivity index is 2.20. The van der Waals surface area contributed by atoms with Crippen molar-refractivity contribution in [3.05, 3.63) is 35.5 Å². The van der Waals surface area contributed by atoms with Crippen molar-refractivity contribution in [2.24, 2.45) is 0 Å². The number of nitrogens with one attached hydrogen (secondary N) is 1. The number of methoxy groups -OCH3 is 1. The van der Waals surface area contributed by atoms with Gasteiger partial charge in [-0.2, -0.15) is 0 Å². The normalized spacial score (nSPS) is 10.8. The van der Waals surface area contributed by atoms with Gasteiger partial charge in [-0.15, -0.1) is 0 Å². The van der Waals surface area contributed by atoms with Crippen molar-refractivity contribution in [2.75, 3.05) is 7.11 Å². The molecule has 0 bridgehead atoms. The molecule has 0 fully saturated rings. The minimum absolute atomic E-state index is 0.293. The highest BCUT2D eigenvalue weighted by Crippen LogP contribution is 2.19. The number of carbonyl (C=O) groups excluding carboxylic acids is 1. The Bertz CT molecular complexity index is 542. The summed E-state index contributed by atoms with van der Waals surface area (Å²) in [5.74, 6) is -0.293. The lowest BCUT2D eigenvalue weighted by atomic mass is 10.1. The largest absolute Gasteiger partial charge is 0.465 e. The molecule has 0 atom stereocenters. The summed E-state index contributed by atoms with van der Waals surface area (Å²) in [4.78, 5) is 14.8. The lowest BCUT2D eigenvalue weighted by Gasteiger charge is -1.98. The number of fused-ring (bicyclic) bond motifs is 1. The molecule has 0 radical (unpaired) electrons. The molecule has 2 rings (SSSR count). The Morgan fingerprint density at radius 2 is 2.11 bits per heavy atom. The highest BCUT2D eigenvalue weighted by molar-refractivity contribution is 5.94. The van der Waals surface area contributed by atoms with Crippen molar-refractivity contribution in [3.63, 3.8) is 0 Å². The van der Waals surface area contributed by atoms with Gasteiger partial charge in [0.05, 0.1) is 12.7 Å². The SMILES string of the molecule is CCCCCc1cc2ccc(C(=O)OC)cc2[nH]1. The van der Waals surface area contributed by atoms with Crippen LogP contribution in [0.5, 0.6) is 0 Å². The first kappa shape index (κ1) is 12.7. The maximum absolute atomic E-state index is 11.4. The Kier molecular flexibility index (Phi) is 4.03. The van der Waals surface area contributed by atoms with Crippen LogP contribution in [0.15, 0.2) is 24.3 Å². The second-order valence-electron chi connectivity index (χ2n) is 4.55. The summed E-state index contributed by atoms with van der Waals surface area (Å²) in [6.07, 6.45) is 4.75. The highest BCUT2D eigenvalue weighted by atomic mass is 16.5. The van der Waals surface area contributed by atoms with E-state index in [1.54, 1.807) is 6.07 Å². The van der Waals surface area contributed by atoms with E-state index >= 15 is 0 Å². The van der Waals surface area contributed by atoms with Crippen LogP contribution in [0.4, 0.5) is 0 Å². The summed E-state index contributed by atoms with van der Waals surface area (Å²) in [7, 11) is 1.40. The van der Waals surface area contributed by atoms with Gasteiger partial charge < -0.3 is 9.72 Å². The lowest BCUT2D eigenvalue weighted by Crippen LogP contribution is -2.00. The first-order chi connectivity index (χ1) is 8.74. The molecule has 0 aliphatic rings. The zero-order valence-electron chi connectivity index (χ0n) is 11.0. The summed E-state index contributed by atoms with van der Waals surface area (Å²) < 4.78 is 4.72. The van der Waals surface area contributed by atoms with Crippen molar-refractivity contribution >= 4 is 16.9 Å². The predicted octanol–water partition coefficient (Wildman–Crippen LogP) is 3.69. The Morgan fingerprint density at radius 3 is 2.83 bits per heavy atom. The highest BCUT2D eigenvalue weighted by Gasteiger charge is 2.07. The number of carbonyl (C=O) groups is 1. The number of rotatable bonds is 5. The quantitative estimate of drug-likeness (QED) is 0.645. The summed E-state index contributed by atoms with van der Waals surface area (Å²) in [6, 6.07) is 7.77. The zero-order chi connectivity index (χ0) is 13.0. The van der Waals surface area contributed by atoms with Crippen molar-refractivity contribution in [1.82, 2.24) is 4.98 Å². The van der Waals surface area contributed by atoms with Crippen LogP contribution in [0.1, 0.15) is 42.2 Å². The van der Waals surface area contributed by atoms with Gasteiger partial charge in [-0.25, -0.2) is 4.79 Å². The monoisotopic (exact) mass is 245 g/mol. The summed E-state index contributed by atoms with van der Waals surface area (Å²) in [5.41, 5.74) is 2.83. The average molecular weight is 245 g/mol. The molecule has 0 amide bonds. The van der Waals surface area contributed by atoms with Gasteiger partial charge in [0.15, 0.2) is 0 Å². The van der Waals surface area contributed by atoms with E-state index < -0.39 is 0 Å². The smallest absolute Gasteiger partial charge is 0.337 e. The van der Waals surface area contributed by atoms with Crippen LogP contribution in [0.25, 0.3) is 10.9 Å². The molecule has 0 saturated heterocycles. The fourth-order valence-corrected chi connectivity index (χ4v) is 2.13. The minimum atomic E-state index is -0.293. The molecule has 0 unspecified atom stereocenters. The number of unbranched alkanes of at least 4 members (excludes halogenated alkanes) is 2. The Morgan fingerprint density at radius 1 is 1.28 bits per heavy atom. The lowest BCUT2D eigenvalue weighted by molar-refractivity contribution is 0.0601. The van der Waals surface area contributed by atoms with Gasteiger partial charge in [0, 0.05) is 11.2 Å². The average Bonchev–Trinajstić information content (AvgIpc) is 2.79. The van der Waals surface area contributed by atoms with Gasteiger partial charge in [-0.3, -0.25) is 0 Å². The van der Waals surface area contributed by atoms with Crippen molar-refractivity contribution in [3.8, 4) is 0 Å². The number of hydrogen-bond acceptors (Lipinski definition) is 2. The molecular weight excluding hydrogens is 226 g/mol. The van der Waals surface area contributed by atoms with Crippen LogP contribution >= 0.6 is 0 Å². The molecule has 2 aromatic rings. The van der Waals surface area contributed by atoms with E-state index in [1.807, 2.05) is 12.1 Å². The van der Waals surface area contributed by atoms with Gasteiger partial charge in [-0.05, 0) is 36.4 Å². The van der Waals surface area contributed by atoms with E-state index in [-0.39, 0.29) is 5.97 Å². The van der Waals surface area contributed by atoms with Gasteiger partial charge in [0.25, 0.3) is 0 Å². The standard InChI is InChI=1S/C15H19NO2/c1-3-4-5-6-13-9-11-7-8-12(15(17)18-2)10-14(11)16-13/h7-10,16H,3-6H2,1-2H3. The van der Waals surface area contributed by atoms with Crippen LogP contribution in [0.3, 0.4) is 0 Å². The maximum Gasteiger partial charge on any atom is 0.337 e. The first-order valence-electron chi connectivity index (χ1n) is 6.44. The number of aromatic amines is 1. The summed E-state index contributed by atoms with van der Waals surface area (Å²) in [6.45, 7) is 2.20. The zero-order valence-corrected chi connectivity index (χ0v) is 11.0. The number of H-pyrrole nitrogens is 1. The molecule has 1 aromatic heterocycles. The van der Waals surface area contributed by atoms with Gasteiger partial charge >= 0.3 is 5.97 Å². The second kappa shape index (κ2) is 5.71. The number of benzene rings is 1. The topological polar surface area (TPSA) is 42.1 Å². The number of ether oxygens (including phenoxy) is 1. The molecule has 0 aliphatic carbocycles. The number of aryl methyl sites for hydroxylation is 1. The molecule has 18 heavy (non-hydrogen) atoms. The Hall–Kier alpha value is -1.77. The molecule has 96 valence electrons. The van der Waals surface area contributed by atoms with Crippen molar-refractivity contribution < 1.29 is 9.53 Å². The fourth-order valence-electron chi connectivity index (χ4n) is 2.13. The molecule has 1 N–H and O–H groups in total. The van der Waals surface area contributed by atoms with Crippen LogP contribution in [0.2, 0.25) is 0 Å².